The molecule has 0 N–H and O–H groups in total. The second kappa shape index (κ2) is 9.43. The Hall–Kier alpha value is -1.27. The standard InChI is InChI=1S/C16H18Cl2O3.CHF3/c1-3-12(15(20)21-4-2)10-5-7-11(8-6-10)13-9-14(19)16(13,17)18;2-1(3)4/h5-8,12-13H,3-4,9H2,1-2H3;1H. The zero-order chi connectivity index (χ0) is 19.2. The SMILES string of the molecule is CCOC(=O)C(CC)c1ccc(C2CC(=O)C2(Cl)Cl)cc1.FC(F)F. The largest absolute Gasteiger partial charge is 0.466 e. The van der Waals surface area contributed by atoms with E-state index >= 15 is 0 Å². The summed E-state index contributed by atoms with van der Waals surface area (Å²) in [6.45, 7) is 0.448. The van der Waals surface area contributed by atoms with Gasteiger partial charge in [-0.15, -0.1) is 0 Å². The first kappa shape index (κ1) is 21.8. The third kappa shape index (κ3) is 5.61. The van der Waals surface area contributed by atoms with Crippen molar-refractivity contribution in [1.82, 2.24) is 0 Å². The van der Waals surface area contributed by atoms with Gasteiger partial charge in [-0.1, -0.05) is 54.4 Å². The van der Waals surface area contributed by atoms with Gasteiger partial charge in [0.1, 0.15) is 0 Å². The summed E-state index contributed by atoms with van der Waals surface area (Å²) in [6, 6.07) is 7.53. The Morgan fingerprint density at radius 2 is 1.76 bits per heavy atom. The zero-order valence-corrected chi connectivity index (χ0v) is 15.3. The second-order valence-corrected chi connectivity index (χ2v) is 6.82. The quantitative estimate of drug-likeness (QED) is 0.508. The Kier molecular flexibility index (Phi) is 8.22. The van der Waals surface area contributed by atoms with Crippen molar-refractivity contribution in [2.24, 2.45) is 0 Å². The number of carbonyl (C=O) groups excluding carboxylic acids is 2. The Morgan fingerprint density at radius 1 is 1.24 bits per heavy atom. The number of hydrogen-bond acceptors (Lipinski definition) is 3. The number of ketones is 1. The maximum absolute atomic E-state index is 11.9. The minimum absolute atomic E-state index is 0.141. The van der Waals surface area contributed by atoms with Gasteiger partial charge in [0, 0.05) is 12.3 Å². The number of esters is 1. The number of rotatable bonds is 5. The number of carbonyl (C=O) groups is 2. The highest BCUT2D eigenvalue weighted by Crippen LogP contribution is 2.50. The minimum Gasteiger partial charge on any atom is -0.466 e. The number of benzene rings is 1. The number of Topliss-reactive ketones (excluding diaryl/α,β-unsaturated/α-hetero) is 1. The molecule has 0 aliphatic heterocycles. The molecule has 2 atom stereocenters. The maximum Gasteiger partial charge on any atom is 0.379 e. The topological polar surface area (TPSA) is 43.4 Å². The highest BCUT2D eigenvalue weighted by atomic mass is 35.5. The number of halogens is 5. The van der Waals surface area contributed by atoms with Crippen LogP contribution in [0.2, 0.25) is 0 Å². The fraction of sp³-hybridized carbons (Fsp3) is 0.529. The third-order valence-corrected chi connectivity index (χ3v) is 4.87. The normalized spacial score (nSPS) is 19.5. The van der Waals surface area contributed by atoms with Crippen LogP contribution < -0.4 is 0 Å². The summed E-state index contributed by atoms with van der Waals surface area (Å²) in [5, 5.41) is 0. The first-order valence-electron chi connectivity index (χ1n) is 7.74. The van der Waals surface area contributed by atoms with E-state index in [0.717, 1.165) is 11.1 Å². The number of ether oxygens (including phenoxy) is 1. The molecule has 2 rings (SSSR count). The van der Waals surface area contributed by atoms with E-state index in [0.29, 0.717) is 19.4 Å². The Labute approximate surface area is 154 Å². The van der Waals surface area contributed by atoms with E-state index in [-0.39, 0.29) is 23.6 Å². The molecule has 1 aromatic rings. The lowest BCUT2D eigenvalue weighted by molar-refractivity contribution is -0.145. The molecule has 25 heavy (non-hydrogen) atoms. The molecule has 1 fully saturated rings. The molecule has 0 spiro atoms. The predicted octanol–water partition coefficient (Wildman–Crippen LogP) is 5.15. The summed E-state index contributed by atoms with van der Waals surface area (Å²) in [4.78, 5) is 23.3. The van der Waals surface area contributed by atoms with Gasteiger partial charge >= 0.3 is 12.6 Å². The van der Waals surface area contributed by atoms with Crippen LogP contribution >= 0.6 is 23.2 Å². The van der Waals surface area contributed by atoms with E-state index in [9.17, 15) is 22.8 Å². The molecule has 140 valence electrons. The van der Waals surface area contributed by atoms with Gasteiger partial charge in [0.2, 0.25) is 0 Å². The summed E-state index contributed by atoms with van der Waals surface area (Å²) >= 11 is 12.0. The van der Waals surface area contributed by atoms with Crippen molar-refractivity contribution >= 4 is 35.0 Å². The lowest BCUT2D eigenvalue weighted by Gasteiger charge is -2.38. The van der Waals surface area contributed by atoms with Crippen LogP contribution in [0.3, 0.4) is 0 Å². The Bertz CT molecular complexity index is 589. The molecule has 8 heteroatoms. The number of hydrogen-bond donors (Lipinski definition) is 0. The van der Waals surface area contributed by atoms with E-state index in [2.05, 4.69) is 0 Å². The van der Waals surface area contributed by atoms with Crippen molar-refractivity contribution < 1.29 is 27.5 Å². The van der Waals surface area contributed by atoms with Crippen LogP contribution in [-0.2, 0) is 14.3 Å². The molecule has 0 radical (unpaired) electrons. The average Bonchev–Trinajstić information content (AvgIpc) is 2.54. The molecular formula is C17H19Cl2F3O3. The summed E-state index contributed by atoms with van der Waals surface area (Å²) in [6.07, 6.45) is 1.04. The highest BCUT2D eigenvalue weighted by molar-refractivity contribution is 6.61. The van der Waals surface area contributed by atoms with Crippen LogP contribution in [0.1, 0.15) is 49.7 Å². The summed E-state index contributed by atoms with van der Waals surface area (Å²) in [5.74, 6) is -0.794. The van der Waals surface area contributed by atoms with Crippen molar-refractivity contribution in [2.75, 3.05) is 6.61 Å². The van der Waals surface area contributed by atoms with E-state index in [1.54, 1.807) is 6.92 Å². The lowest BCUT2D eigenvalue weighted by Crippen LogP contribution is -2.45. The van der Waals surface area contributed by atoms with Crippen molar-refractivity contribution in [3.05, 3.63) is 35.4 Å². The molecule has 1 saturated carbocycles. The molecule has 0 aromatic heterocycles. The molecule has 1 aromatic carbocycles. The fourth-order valence-electron chi connectivity index (χ4n) is 2.58. The van der Waals surface area contributed by atoms with Crippen molar-refractivity contribution in [1.29, 1.82) is 0 Å². The summed E-state index contributed by atoms with van der Waals surface area (Å²) in [5.41, 5.74) is 1.82. The van der Waals surface area contributed by atoms with Gasteiger partial charge in [-0.25, -0.2) is 0 Å². The Morgan fingerprint density at radius 3 is 2.12 bits per heavy atom. The van der Waals surface area contributed by atoms with Crippen LogP contribution in [-0.4, -0.2) is 29.4 Å². The fourth-order valence-corrected chi connectivity index (χ4v) is 3.14. The van der Waals surface area contributed by atoms with Gasteiger partial charge in [0.05, 0.1) is 12.5 Å². The zero-order valence-electron chi connectivity index (χ0n) is 13.8. The van der Waals surface area contributed by atoms with Gasteiger partial charge in [0.25, 0.3) is 0 Å². The summed E-state index contributed by atoms with van der Waals surface area (Å²) in [7, 11) is 0. The Balaban J connectivity index is 0.000000705. The number of alkyl halides is 5. The third-order valence-electron chi connectivity index (χ3n) is 3.92. The molecule has 1 aliphatic rings. The van der Waals surface area contributed by atoms with E-state index in [1.807, 2.05) is 31.2 Å². The first-order valence-corrected chi connectivity index (χ1v) is 8.50. The van der Waals surface area contributed by atoms with Crippen LogP contribution in [0.15, 0.2) is 24.3 Å². The predicted molar refractivity (Wildman–Crippen MR) is 90.0 cm³/mol. The smallest absolute Gasteiger partial charge is 0.379 e. The average molecular weight is 399 g/mol. The van der Waals surface area contributed by atoms with Crippen molar-refractivity contribution in [3.63, 3.8) is 0 Å². The first-order chi connectivity index (χ1) is 11.6. The van der Waals surface area contributed by atoms with Crippen LogP contribution in [0, 0.1) is 0 Å². The molecule has 3 nitrogen and oxygen atoms in total. The molecule has 1 aliphatic carbocycles. The van der Waals surface area contributed by atoms with Crippen molar-refractivity contribution in [2.45, 2.75) is 49.5 Å². The lowest BCUT2D eigenvalue weighted by atomic mass is 9.77. The van der Waals surface area contributed by atoms with Gasteiger partial charge in [-0.2, -0.15) is 13.2 Å². The van der Waals surface area contributed by atoms with Crippen LogP contribution in [0.4, 0.5) is 13.2 Å². The van der Waals surface area contributed by atoms with Gasteiger partial charge in [0.15, 0.2) is 10.1 Å². The van der Waals surface area contributed by atoms with Crippen LogP contribution in [0.25, 0.3) is 0 Å². The van der Waals surface area contributed by atoms with E-state index < -0.39 is 11.0 Å². The van der Waals surface area contributed by atoms with Gasteiger partial charge in [-0.05, 0) is 24.5 Å². The highest BCUT2D eigenvalue weighted by Gasteiger charge is 2.53. The molecule has 0 heterocycles. The van der Waals surface area contributed by atoms with E-state index in [4.69, 9.17) is 27.9 Å². The molecule has 0 amide bonds. The summed E-state index contributed by atoms with van der Waals surface area (Å²) < 4.78 is 32.8. The minimum atomic E-state index is -3.67. The van der Waals surface area contributed by atoms with E-state index in [1.165, 1.54) is 0 Å². The monoisotopic (exact) mass is 398 g/mol. The van der Waals surface area contributed by atoms with Crippen molar-refractivity contribution in [3.8, 4) is 0 Å². The van der Waals surface area contributed by atoms with Gasteiger partial charge in [-0.3, -0.25) is 9.59 Å². The van der Waals surface area contributed by atoms with Gasteiger partial charge < -0.3 is 4.74 Å². The molecule has 2 unspecified atom stereocenters. The maximum atomic E-state index is 11.9. The second-order valence-electron chi connectivity index (χ2n) is 5.43. The van der Waals surface area contributed by atoms with Crippen LogP contribution in [0.5, 0.6) is 0 Å². The molecular weight excluding hydrogens is 380 g/mol. The molecule has 0 bridgehead atoms. The molecule has 0 saturated heterocycles.